The predicted octanol–water partition coefficient (Wildman–Crippen LogP) is 4.17. The molecule has 2 amide bonds. The van der Waals surface area contributed by atoms with Crippen molar-refractivity contribution in [1.29, 1.82) is 0 Å². The molecule has 2 aromatic rings. The van der Waals surface area contributed by atoms with Crippen LogP contribution < -0.4 is 9.62 Å². The van der Waals surface area contributed by atoms with E-state index in [0.29, 0.717) is 12.2 Å². The highest BCUT2D eigenvalue weighted by atomic mass is 79.9. The zero-order valence-corrected chi connectivity index (χ0v) is 22.9. The van der Waals surface area contributed by atoms with E-state index >= 15 is 0 Å². The minimum atomic E-state index is -3.75. The Morgan fingerprint density at radius 1 is 1.09 bits per heavy atom. The molecule has 0 saturated carbocycles. The SMILES string of the molecule is CCCCNC(=O)[C@H](C)N(Cc1ccc(C)cc1)C(=O)CN(c1ccc(Br)c(C)c1)S(C)(=O)=O. The quantitative estimate of drug-likeness (QED) is 0.424. The molecular formula is C25H34BrN3O4S. The Labute approximate surface area is 211 Å². The summed E-state index contributed by atoms with van der Waals surface area (Å²) in [6.07, 6.45) is 2.86. The number of aryl methyl sites for hydroxylation is 2. The number of rotatable bonds is 11. The highest BCUT2D eigenvalue weighted by Gasteiger charge is 2.30. The topological polar surface area (TPSA) is 86.8 Å². The third-order valence-corrected chi connectivity index (χ3v) is 7.61. The molecule has 1 N–H and O–H groups in total. The van der Waals surface area contributed by atoms with Gasteiger partial charge in [0.25, 0.3) is 0 Å². The highest BCUT2D eigenvalue weighted by molar-refractivity contribution is 9.10. The molecule has 7 nitrogen and oxygen atoms in total. The van der Waals surface area contributed by atoms with Crippen molar-refractivity contribution in [3.05, 3.63) is 63.6 Å². The first-order chi connectivity index (χ1) is 15.9. The Morgan fingerprint density at radius 2 is 1.74 bits per heavy atom. The first-order valence-corrected chi connectivity index (χ1v) is 13.9. The molecule has 0 aliphatic heterocycles. The predicted molar refractivity (Wildman–Crippen MR) is 140 cm³/mol. The molecule has 0 aliphatic rings. The molecule has 0 fully saturated rings. The minimum absolute atomic E-state index is 0.193. The van der Waals surface area contributed by atoms with Crippen LogP contribution in [0.3, 0.4) is 0 Å². The van der Waals surface area contributed by atoms with Gasteiger partial charge in [-0.1, -0.05) is 59.1 Å². The summed E-state index contributed by atoms with van der Waals surface area (Å²) >= 11 is 3.42. The van der Waals surface area contributed by atoms with Crippen molar-refractivity contribution in [2.45, 2.75) is 53.1 Å². The van der Waals surface area contributed by atoms with Crippen LogP contribution in [-0.4, -0.2) is 50.5 Å². The number of carbonyl (C=O) groups excluding carboxylic acids is 2. The maximum absolute atomic E-state index is 13.5. The lowest BCUT2D eigenvalue weighted by Gasteiger charge is -2.31. The van der Waals surface area contributed by atoms with Gasteiger partial charge >= 0.3 is 0 Å². The van der Waals surface area contributed by atoms with Gasteiger partial charge in [-0.25, -0.2) is 8.42 Å². The van der Waals surface area contributed by atoms with Gasteiger partial charge in [-0.2, -0.15) is 0 Å². The Balaban J connectivity index is 2.35. The molecule has 0 aromatic heterocycles. The fraction of sp³-hybridized carbons (Fsp3) is 0.440. The Hall–Kier alpha value is -2.39. The largest absolute Gasteiger partial charge is 0.354 e. The van der Waals surface area contributed by atoms with Crippen LogP contribution in [-0.2, 0) is 26.2 Å². The van der Waals surface area contributed by atoms with Gasteiger partial charge in [-0.15, -0.1) is 0 Å². The second-order valence-corrected chi connectivity index (χ2v) is 11.3. The summed E-state index contributed by atoms with van der Waals surface area (Å²) < 4.78 is 27.2. The van der Waals surface area contributed by atoms with E-state index in [9.17, 15) is 18.0 Å². The summed E-state index contributed by atoms with van der Waals surface area (Å²) in [5.74, 6) is -0.719. The Bertz CT molecular complexity index is 1100. The van der Waals surface area contributed by atoms with E-state index in [2.05, 4.69) is 21.2 Å². The van der Waals surface area contributed by atoms with Crippen molar-refractivity contribution in [3.8, 4) is 0 Å². The van der Waals surface area contributed by atoms with Gasteiger partial charge in [0, 0.05) is 17.6 Å². The minimum Gasteiger partial charge on any atom is -0.354 e. The molecule has 0 heterocycles. The van der Waals surface area contributed by atoms with Crippen LogP contribution >= 0.6 is 15.9 Å². The number of anilines is 1. The number of benzene rings is 2. The van der Waals surface area contributed by atoms with Crippen molar-refractivity contribution in [1.82, 2.24) is 10.2 Å². The van der Waals surface area contributed by atoms with Crippen molar-refractivity contribution >= 4 is 43.5 Å². The Morgan fingerprint density at radius 3 is 2.29 bits per heavy atom. The molecule has 0 aliphatic carbocycles. The van der Waals surface area contributed by atoms with Crippen LogP contribution in [0.2, 0.25) is 0 Å². The smallest absolute Gasteiger partial charge is 0.244 e. The van der Waals surface area contributed by atoms with Crippen LogP contribution in [0.5, 0.6) is 0 Å². The number of nitrogens with zero attached hydrogens (tertiary/aromatic N) is 2. The monoisotopic (exact) mass is 551 g/mol. The van der Waals surface area contributed by atoms with Crippen molar-refractivity contribution in [2.75, 3.05) is 23.7 Å². The number of nitrogens with one attached hydrogen (secondary N) is 1. The second kappa shape index (κ2) is 12.4. The number of amides is 2. The van der Waals surface area contributed by atoms with Gasteiger partial charge in [0.1, 0.15) is 12.6 Å². The molecule has 0 saturated heterocycles. The van der Waals surface area contributed by atoms with E-state index in [0.717, 1.165) is 44.6 Å². The normalized spacial score (nSPS) is 12.2. The lowest BCUT2D eigenvalue weighted by atomic mass is 10.1. The first-order valence-electron chi connectivity index (χ1n) is 11.3. The summed E-state index contributed by atoms with van der Waals surface area (Å²) in [5, 5.41) is 2.87. The van der Waals surface area contributed by atoms with E-state index in [4.69, 9.17) is 0 Å². The highest BCUT2D eigenvalue weighted by Crippen LogP contribution is 2.25. The van der Waals surface area contributed by atoms with Gasteiger partial charge in [0.2, 0.25) is 21.8 Å². The van der Waals surface area contributed by atoms with Crippen molar-refractivity contribution in [2.24, 2.45) is 0 Å². The standard InChI is InChI=1S/C25H34BrN3O4S/c1-6-7-14-27-25(31)20(4)28(16-21-10-8-18(2)9-11-21)24(30)17-29(34(5,32)33)22-12-13-23(26)19(3)15-22/h8-13,15,20H,6-7,14,16-17H2,1-5H3,(H,27,31)/t20-/m0/s1. The summed E-state index contributed by atoms with van der Waals surface area (Å²) in [7, 11) is -3.75. The molecule has 34 heavy (non-hydrogen) atoms. The molecule has 2 aromatic carbocycles. The average molecular weight is 553 g/mol. The summed E-state index contributed by atoms with van der Waals surface area (Å²) in [4.78, 5) is 27.7. The number of hydrogen-bond donors (Lipinski definition) is 1. The van der Waals surface area contributed by atoms with Crippen LogP contribution in [0.1, 0.15) is 43.4 Å². The first kappa shape index (κ1) is 27.9. The van der Waals surface area contributed by atoms with Crippen LogP contribution in [0.25, 0.3) is 0 Å². The third kappa shape index (κ3) is 7.84. The number of halogens is 1. The van der Waals surface area contributed by atoms with Gasteiger partial charge in [0.05, 0.1) is 11.9 Å². The number of carbonyl (C=O) groups is 2. The van der Waals surface area contributed by atoms with Crippen LogP contribution in [0, 0.1) is 13.8 Å². The van der Waals surface area contributed by atoms with Gasteiger partial charge in [0.15, 0.2) is 0 Å². The molecule has 0 bridgehead atoms. The summed E-state index contributed by atoms with van der Waals surface area (Å²) in [6, 6.07) is 12.0. The number of unbranched alkanes of at least 4 members (excludes halogenated alkanes) is 1. The maximum atomic E-state index is 13.5. The molecule has 1 atom stereocenters. The third-order valence-electron chi connectivity index (χ3n) is 5.58. The van der Waals surface area contributed by atoms with Gasteiger partial charge < -0.3 is 10.2 Å². The van der Waals surface area contributed by atoms with E-state index in [1.54, 1.807) is 25.1 Å². The molecule has 0 spiro atoms. The lowest BCUT2D eigenvalue weighted by Crippen LogP contribution is -2.51. The van der Waals surface area contributed by atoms with Crippen LogP contribution in [0.15, 0.2) is 46.9 Å². The van der Waals surface area contributed by atoms with Crippen LogP contribution in [0.4, 0.5) is 5.69 Å². The fourth-order valence-electron chi connectivity index (χ4n) is 3.41. The lowest BCUT2D eigenvalue weighted by molar-refractivity contribution is -0.139. The molecule has 186 valence electrons. The molecule has 0 radical (unpaired) electrons. The average Bonchev–Trinajstić information content (AvgIpc) is 2.77. The number of sulfonamides is 1. The molecular weight excluding hydrogens is 518 g/mol. The maximum Gasteiger partial charge on any atom is 0.244 e. The zero-order valence-electron chi connectivity index (χ0n) is 20.5. The summed E-state index contributed by atoms with van der Waals surface area (Å²) in [6.45, 7) is 7.84. The number of hydrogen-bond acceptors (Lipinski definition) is 4. The zero-order chi connectivity index (χ0) is 25.5. The summed E-state index contributed by atoms with van der Waals surface area (Å²) in [5.41, 5.74) is 3.18. The van der Waals surface area contributed by atoms with Crippen molar-refractivity contribution in [3.63, 3.8) is 0 Å². The Kier molecular flexibility index (Phi) is 10.1. The van der Waals surface area contributed by atoms with Gasteiger partial charge in [-0.05, 0) is 56.5 Å². The molecule has 2 rings (SSSR count). The van der Waals surface area contributed by atoms with E-state index in [1.807, 2.05) is 45.0 Å². The second-order valence-electron chi connectivity index (χ2n) is 8.53. The molecule has 0 unspecified atom stereocenters. The fourth-order valence-corrected chi connectivity index (χ4v) is 4.49. The van der Waals surface area contributed by atoms with E-state index in [1.165, 1.54) is 4.90 Å². The molecule has 9 heteroatoms. The van der Waals surface area contributed by atoms with Gasteiger partial charge in [-0.3, -0.25) is 13.9 Å². The van der Waals surface area contributed by atoms with E-state index in [-0.39, 0.29) is 12.5 Å². The van der Waals surface area contributed by atoms with E-state index < -0.39 is 28.5 Å². The van der Waals surface area contributed by atoms with Crippen molar-refractivity contribution < 1.29 is 18.0 Å².